The number of benzene rings is 2. The summed E-state index contributed by atoms with van der Waals surface area (Å²) < 4.78 is 40.7. The molecular weight excluding hydrogens is 319 g/mol. The van der Waals surface area contributed by atoms with Crippen LogP contribution in [-0.2, 0) is 10.0 Å². The van der Waals surface area contributed by atoms with Gasteiger partial charge in [-0.3, -0.25) is 4.31 Å². The van der Waals surface area contributed by atoms with Crippen molar-refractivity contribution in [2.75, 3.05) is 17.5 Å². The van der Waals surface area contributed by atoms with Crippen molar-refractivity contribution in [3.63, 3.8) is 0 Å². The molecule has 0 radical (unpaired) electrons. The Labute approximate surface area is 134 Å². The van der Waals surface area contributed by atoms with E-state index in [9.17, 15) is 12.8 Å². The largest absolute Gasteiger partial charge is 0.396 e. The number of sulfonamides is 1. The Morgan fingerprint density at radius 1 is 1.17 bits per heavy atom. The highest BCUT2D eigenvalue weighted by Gasteiger charge is 2.27. The molecule has 0 aliphatic carbocycles. The molecule has 0 heterocycles. The standard InChI is InChI=1S/C16H15FN2O3S/c17-15-11-13(12-18)7-8-16(15)23(21,22)19(9-4-10-20)14-5-2-1-3-6-14/h1-3,5-8,11,20H,4,9-10H2. The van der Waals surface area contributed by atoms with Crippen molar-refractivity contribution in [2.24, 2.45) is 0 Å². The van der Waals surface area contributed by atoms with Crippen LogP contribution in [0.5, 0.6) is 0 Å². The first-order valence-electron chi connectivity index (χ1n) is 6.89. The van der Waals surface area contributed by atoms with Gasteiger partial charge in [0.2, 0.25) is 0 Å². The molecule has 0 unspecified atom stereocenters. The average Bonchev–Trinajstić information content (AvgIpc) is 2.55. The van der Waals surface area contributed by atoms with E-state index in [1.165, 1.54) is 6.07 Å². The lowest BCUT2D eigenvalue weighted by atomic mass is 10.2. The maximum Gasteiger partial charge on any atom is 0.267 e. The van der Waals surface area contributed by atoms with Crippen molar-refractivity contribution in [3.05, 3.63) is 59.9 Å². The van der Waals surface area contributed by atoms with Crippen LogP contribution in [0.3, 0.4) is 0 Å². The van der Waals surface area contributed by atoms with Crippen LogP contribution in [0.15, 0.2) is 53.4 Å². The third-order valence-electron chi connectivity index (χ3n) is 3.19. The highest BCUT2D eigenvalue weighted by molar-refractivity contribution is 7.92. The maximum absolute atomic E-state index is 14.1. The van der Waals surface area contributed by atoms with E-state index in [0.29, 0.717) is 5.69 Å². The molecule has 120 valence electrons. The number of anilines is 1. The summed E-state index contributed by atoms with van der Waals surface area (Å²) in [6.07, 6.45) is 0.214. The van der Waals surface area contributed by atoms with Crippen molar-refractivity contribution < 1.29 is 17.9 Å². The number of para-hydroxylation sites is 1. The fraction of sp³-hybridized carbons (Fsp3) is 0.188. The lowest BCUT2D eigenvalue weighted by molar-refractivity contribution is 0.291. The zero-order valence-corrected chi connectivity index (χ0v) is 13.0. The van der Waals surface area contributed by atoms with E-state index >= 15 is 0 Å². The Balaban J connectivity index is 2.50. The maximum atomic E-state index is 14.1. The van der Waals surface area contributed by atoms with E-state index in [4.69, 9.17) is 10.4 Å². The van der Waals surface area contributed by atoms with Gasteiger partial charge < -0.3 is 5.11 Å². The fourth-order valence-electron chi connectivity index (χ4n) is 2.09. The van der Waals surface area contributed by atoms with Crippen LogP contribution in [0, 0.1) is 17.1 Å². The van der Waals surface area contributed by atoms with Crippen molar-refractivity contribution >= 4 is 15.7 Å². The quantitative estimate of drug-likeness (QED) is 0.879. The molecule has 5 nitrogen and oxygen atoms in total. The predicted molar refractivity (Wildman–Crippen MR) is 83.8 cm³/mol. The summed E-state index contributed by atoms with van der Waals surface area (Å²) in [5, 5.41) is 17.7. The van der Waals surface area contributed by atoms with Gasteiger partial charge in [-0.2, -0.15) is 5.26 Å². The topological polar surface area (TPSA) is 81.4 Å². The van der Waals surface area contributed by atoms with Crippen LogP contribution in [0.4, 0.5) is 10.1 Å². The number of aliphatic hydroxyl groups is 1. The number of nitrogens with zero attached hydrogens (tertiary/aromatic N) is 2. The minimum Gasteiger partial charge on any atom is -0.396 e. The van der Waals surface area contributed by atoms with Crippen molar-refractivity contribution in [1.29, 1.82) is 5.26 Å². The fourth-order valence-corrected chi connectivity index (χ4v) is 3.65. The van der Waals surface area contributed by atoms with E-state index < -0.39 is 20.7 Å². The number of rotatable bonds is 6. The average molecular weight is 334 g/mol. The molecule has 0 aliphatic heterocycles. The van der Waals surface area contributed by atoms with E-state index in [1.807, 2.05) is 0 Å². The Morgan fingerprint density at radius 2 is 1.87 bits per heavy atom. The Hall–Kier alpha value is -2.43. The molecule has 0 amide bonds. The molecule has 0 spiro atoms. The van der Waals surface area contributed by atoms with E-state index in [-0.39, 0.29) is 25.1 Å². The van der Waals surface area contributed by atoms with Gasteiger partial charge in [-0.05, 0) is 36.8 Å². The summed E-state index contributed by atoms with van der Waals surface area (Å²) in [5.41, 5.74) is 0.424. The van der Waals surface area contributed by atoms with Gasteiger partial charge in [-0.15, -0.1) is 0 Å². The van der Waals surface area contributed by atoms with Gasteiger partial charge in [-0.25, -0.2) is 12.8 Å². The normalized spacial score (nSPS) is 11.0. The first kappa shape index (κ1) is 16.9. The zero-order valence-electron chi connectivity index (χ0n) is 12.2. The van der Waals surface area contributed by atoms with E-state index in [1.54, 1.807) is 36.4 Å². The van der Waals surface area contributed by atoms with Gasteiger partial charge in [0, 0.05) is 13.2 Å². The molecular formula is C16H15FN2O3S. The summed E-state index contributed by atoms with van der Waals surface area (Å²) in [6, 6.07) is 13.3. The van der Waals surface area contributed by atoms with Gasteiger partial charge in [0.15, 0.2) is 0 Å². The number of hydrogen-bond acceptors (Lipinski definition) is 4. The second-order valence-electron chi connectivity index (χ2n) is 4.75. The summed E-state index contributed by atoms with van der Waals surface area (Å²) in [6.45, 7) is -0.170. The van der Waals surface area contributed by atoms with E-state index in [2.05, 4.69) is 0 Å². The van der Waals surface area contributed by atoms with Crippen LogP contribution < -0.4 is 4.31 Å². The second kappa shape index (κ2) is 7.22. The number of nitriles is 1. The van der Waals surface area contributed by atoms with Gasteiger partial charge in [0.1, 0.15) is 10.7 Å². The van der Waals surface area contributed by atoms with Crippen LogP contribution >= 0.6 is 0 Å². The summed E-state index contributed by atoms with van der Waals surface area (Å²) in [4.78, 5) is -0.502. The lowest BCUT2D eigenvalue weighted by Gasteiger charge is -2.24. The number of hydrogen-bond donors (Lipinski definition) is 1. The molecule has 0 atom stereocenters. The molecule has 0 bridgehead atoms. The van der Waals surface area contributed by atoms with Crippen LogP contribution in [0.1, 0.15) is 12.0 Å². The smallest absolute Gasteiger partial charge is 0.267 e. The first-order chi connectivity index (χ1) is 11.0. The number of aliphatic hydroxyl groups excluding tert-OH is 1. The molecule has 23 heavy (non-hydrogen) atoms. The molecule has 0 saturated heterocycles. The van der Waals surface area contributed by atoms with Crippen molar-refractivity contribution in [2.45, 2.75) is 11.3 Å². The summed E-state index contributed by atoms with van der Waals surface area (Å²) in [7, 11) is -4.14. The minimum absolute atomic E-state index is 0.0162. The van der Waals surface area contributed by atoms with Crippen LogP contribution in [0.25, 0.3) is 0 Å². The third-order valence-corrected chi connectivity index (χ3v) is 5.05. The van der Waals surface area contributed by atoms with Crippen LogP contribution in [-0.4, -0.2) is 26.7 Å². The molecule has 2 aromatic rings. The third kappa shape index (κ3) is 3.67. The Kier molecular flexibility index (Phi) is 5.32. The van der Waals surface area contributed by atoms with Gasteiger partial charge >= 0.3 is 0 Å². The lowest BCUT2D eigenvalue weighted by Crippen LogP contribution is -2.33. The molecule has 1 N–H and O–H groups in total. The molecule has 0 fully saturated rings. The van der Waals surface area contributed by atoms with Crippen molar-refractivity contribution in [3.8, 4) is 6.07 Å². The first-order valence-corrected chi connectivity index (χ1v) is 8.33. The van der Waals surface area contributed by atoms with E-state index in [0.717, 1.165) is 16.4 Å². The monoisotopic (exact) mass is 334 g/mol. The van der Waals surface area contributed by atoms with Gasteiger partial charge in [0.05, 0.1) is 17.3 Å². The zero-order chi connectivity index (χ0) is 16.9. The highest BCUT2D eigenvalue weighted by atomic mass is 32.2. The Morgan fingerprint density at radius 3 is 2.43 bits per heavy atom. The molecule has 0 saturated carbocycles. The second-order valence-corrected chi connectivity index (χ2v) is 6.58. The minimum atomic E-state index is -4.14. The predicted octanol–water partition coefficient (Wildman–Crippen LogP) is 2.28. The molecule has 0 aromatic heterocycles. The molecule has 2 rings (SSSR count). The van der Waals surface area contributed by atoms with Gasteiger partial charge in [-0.1, -0.05) is 18.2 Å². The summed E-state index contributed by atoms with van der Waals surface area (Å²) >= 11 is 0. The van der Waals surface area contributed by atoms with Gasteiger partial charge in [0.25, 0.3) is 10.0 Å². The molecule has 2 aromatic carbocycles. The molecule has 7 heteroatoms. The SMILES string of the molecule is N#Cc1ccc(S(=O)(=O)N(CCCO)c2ccccc2)c(F)c1. The molecule has 0 aliphatic rings. The highest BCUT2D eigenvalue weighted by Crippen LogP contribution is 2.26. The van der Waals surface area contributed by atoms with Crippen molar-refractivity contribution in [1.82, 2.24) is 0 Å². The number of halogens is 1. The summed E-state index contributed by atoms with van der Waals surface area (Å²) in [5.74, 6) is -0.978. The van der Waals surface area contributed by atoms with Crippen LogP contribution in [0.2, 0.25) is 0 Å². The Bertz CT molecular complexity index is 817.